The summed E-state index contributed by atoms with van der Waals surface area (Å²) in [4.78, 5) is 26.2. The number of amides is 1. The Morgan fingerprint density at radius 3 is 2.89 bits per heavy atom. The molecule has 1 unspecified atom stereocenters. The van der Waals surface area contributed by atoms with Gasteiger partial charge in [0.2, 0.25) is 0 Å². The third-order valence-electron chi connectivity index (χ3n) is 5.28. The van der Waals surface area contributed by atoms with Crippen LogP contribution < -0.4 is 5.32 Å². The summed E-state index contributed by atoms with van der Waals surface area (Å²) >= 11 is 1.53. The lowest BCUT2D eigenvalue weighted by Gasteiger charge is -2.40. The van der Waals surface area contributed by atoms with Crippen LogP contribution in [-0.2, 0) is 6.54 Å². The van der Waals surface area contributed by atoms with E-state index in [1.54, 1.807) is 0 Å². The van der Waals surface area contributed by atoms with Gasteiger partial charge in [-0.05, 0) is 30.5 Å². The average molecular weight is 396 g/mol. The minimum atomic E-state index is -0.123. The van der Waals surface area contributed by atoms with E-state index in [1.165, 1.54) is 23.2 Å². The van der Waals surface area contributed by atoms with E-state index in [1.807, 2.05) is 18.4 Å². The quantitative estimate of drug-likeness (QED) is 0.719. The minimum Gasteiger partial charge on any atom is -0.349 e. The van der Waals surface area contributed by atoms with Gasteiger partial charge in [-0.25, -0.2) is 9.97 Å². The van der Waals surface area contributed by atoms with Gasteiger partial charge in [-0.3, -0.25) is 9.69 Å². The molecule has 0 radical (unpaired) electrons. The van der Waals surface area contributed by atoms with Crippen LogP contribution in [0.15, 0.2) is 42.0 Å². The molecule has 1 fully saturated rings. The van der Waals surface area contributed by atoms with Gasteiger partial charge in [-0.15, -0.1) is 11.3 Å². The summed E-state index contributed by atoms with van der Waals surface area (Å²) in [5, 5.41) is 5.14. The summed E-state index contributed by atoms with van der Waals surface area (Å²) in [6.45, 7) is 6.48. The lowest BCUT2D eigenvalue weighted by molar-refractivity contribution is 0.0754. The molecule has 0 saturated carbocycles. The van der Waals surface area contributed by atoms with Crippen molar-refractivity contribution in [3.8, 4) is 0 Å². The van der Waals surface area contributed by atoms with E-state index in [0.29, 0.717) is 12.2 Å². The number of hydrogen-bond acceptors (Lipinski definition) is 6. The molecule has 1 aliphatic heterocycles. The van der Waals surface area contributed by atoms with Crippen LogP contribution in [0.25, 0.3) is 10.2 Å². The van der Waals surface area contributed by atoms with Crippen LogP contribution in [0.2, 0.25) is 0 Å². The highest BCUT2D eigenvalue weighted by molar-refractivity contribution is 7.17. The monoisotopic (exact) mass is 395 g/mol. The van der Waals surface area contributed by atoms with E-state index >= 15 is 0 Å². The molecule has 1 aliphatic rings. The molecule has 146 valence electrons. The molecule has 0 spiro atoms. The number of nitrogens with zero attached hydrogens (tertiary/aromatic N) is 4. The van der Waals surface area contributed by atoms with Crippen molar-refractivity contribution >= 4 is 27.5 Å². The van der Waals surface area contributed by atoms with E-state index < -0.39 is 0 Å². The van der Waals surface area contributed by atoms with Crippen molar-refractivity contribution in [3.63, 3.8) is 0 Å². The SMILES string of the molecule is Cc1csc2c(C(=O)NCC3CN(C)CCN3Cc3ccccc3)ncnc12. The summed E-state index contributed by atoms with van der Waals surface area (Å²) in [5.74, 6) is -0.123. The maximum Gasteiger partial charge on any atom is 0.271 e. The summed E-state index contributed by atoms with van der Waals surface area (Å²) < 4.78 is 0.861. The van der Waals surface area contributed by atoms with Crippen molar-refractivity contribution in [1.82, 2.24) is 25.1 Å². The number of rotatable bonds is 5. The second-order valence-electron chi connectivity index (χ2n) is 7.40. The van der Waals surface area contributed by atoms with E-state index in [4.69, 9.17) is 0 Å². The highest BCUT2D eigenvalue weighted by atomic mass is 32.1. The molecular weight excluding hydrogens is 370 g/mol. The molecule has 4 rings (SSSR count). The van der Waals surface area contributed by atoms with Gasteiger partial charge in [0.1, 0.15) is 12.0 Å². The number of likely N-dealkylation sites (N-methyl/N-ethyl adjacent to an activating group) is 1. The van der Waals surface area contributed by atoms with Crippen LogP contribution in [0.3, 0.4) is 0 Å². The Kier molecular flexibility index (Phi) is 5.66. The normalized spacial score (nSPS) is 18.4. The number of piperazine rings is 1. The summed E-state index contributed by atoms with van der Waals surface area (Å²) in [7, 11) is 2.14. The van der Waals surface area contributed by atoms with Gasteiger partial charge in [0.05, 0.1) is 10.2 Å². The van der Waals surface area contributed by atoms with Crippen molar-refractivity contribution in [2.24, 2.45) is 0 Å². The smallest absolute Gasteiger partial charge is 0.271 e. The van der Waals surface area contributed by atoms with Crippen molar-refractivity contribution in [1.29, 1.82) is 0 Å². The number of thiophene rings is 1. The largest absolute Gasteiger partial charge is 0.349 e. The number of carbonyl (C=O) groups excluding carboxylic acids is 1. The van der Waals surface area contributed by atoms with Crippen LogP contribution >= 0.6 is 11.3 Å². The Labute approximate surface area is 169 Å². The lowest BCUT2D eigenvalue weighted by atomic mass is 10.1. The third-order valence-corrected chi connectivity index (χ3v) is 6.37. The molecule has 28 heavy (non-hydrogen) atoms. The molecule has 0 aliphatic carbocycles. The Morgan fingerprint density at radius 2 is 2.07 bits per heavy atom. The van der Waals surface area contributed by atoms with Crippen molar-refractivity contribution in [2.75, 3.05) is 33.2 Å². The number of aryl methyl sites for hydroxylation is 1. The van der Waals surface area contributed by atoms with Crippen molar-refractivity contribution in [3.05, 3.63) is 58.9 Å². The van der Waals surface area contributed by atoms with Gasteiger partial charge in [0, 0.05) is 38.8 Å². The Morgan fingerprint density at radius 1 is 1.25 bits per heavy atom. The van der Waals surface area contributed by atoms with Crippen molar-refractivity contribution in [2.45, 2.75) is 19.5 Å². The first-order valence-corrected chi connectivity index (χ1v) is 10.4. The minimum absolute atomic E-state index is 0.123. The van der Waals surface area contributed by atoms with Crippen LogP contribution in [0.5, 0.6) is 0 Å². The fourth-order valence-corrected chi connectivity index (χ4v) is 4.68. The molecule has 1 amide bonds. The van der Waals surface area contributed by atoms with Crippen LogP contribution in [0.1, 0.15) is 21.6 Å². The first kappa shape index (κ1) is 19.0. The van der Waals surface area contributed by atoms with Gasteiger partial charge in [-0.1, -0.05) is 30.3 Å². The van der Waals surface area contributed by atoms with Gasteiger partial charge in [-0.2, -0.15) is 0 Å². The van der Waals surface area contributed by atoms with E-state index in [9.17, 15) is 4.79 Å². The van der Waals surface area contributed by atoms with Gasteiger partial charge < -0.3 is 10.2 Å². The van der Waals surface area contributed by atoms with E-state index in [0.717, 1.165) is 42.0 Å². The Bertz CT molecular complexity index is 958. The Hall–Kier alpha value is -2.35. The number of carbonyl (C=O) groups is 1. The zero-order valence-corrected chi connectivity index (χ0v) is 17.1. The first-order valence-electron chi connectivity index (χ1n) is 9.55. The van der Waals surface area contributed by atoms with E-state index in [-0.39, 0.29) is 11.9 Å². The fourth-order valence-electron chi connectivity index (χ4n) is 3.69. The molecule has 1 saturated heterocycles. The fraction of sp³-hybridized carbons (Fsp3) is 0.381. The number of nitrogens with one attached hydrogen (secondary N) is 1. The summed E-state index contributed by atoms with van der Waals surface area (Å²) in [6.07, 6.45) is 1.48. The van der Waals surface area contributed by atoms with Gasteiger partial charge in [0.15, 0.2) is 0 Å². The molecule has 3 aromatic rings. The van der Waals surface area contributed by atoms with E-state index in [2.05, 4.69) is 56.4 Å². The molecule has 2 aromatic heterocycles. The zero-order valence-electron chi connectivity index (χ0n) is 16.3. The second-order valence-corrected chi connectivity index (χ2v) is 8.28. The molecule has 3 heterocycles. The van der Waals surface area contributed by atoms with Crippen molar-refractivity contribution < 1.29 is 4.79 Å². The Balaban J connectivity index is 1.45. The second kappa shape index (κ2) is 8.34. The topological polar surface area (TPSA) is 61.4 Å². The molecule has 6 nitrogen and oxygen atoms in total. The van der Waals surface area contributed by atoms with Crippen LogP contribution in [0, 0.1) is 6.92 Å². The maximum atomic E-state index is 12.8. The zero-order chi connectivity index (χ0) is 19.5. The standard InChI is InChI=1S/C21H25N5OS/c1-15-13-28-20-18(15)23-14-24-19(20)21(27)22-10-17-12-25(2)8-9-26(17)11-16-6-4-3-5-7-16/h3-7,13-14,17H,8-12H2,1-2H3,(H,22,27). The summed E-state index contributed by atoms with van der Waals surface area (Å²) in [5.41, 5.74) is 3.73. The number of aromatic nitrogens is 2. The van der Waals surface area contributed by atoms with Crippen LogP contribution in [-0.4, -0.2) is 64.9 Å². The molecule has 1 N–H and O–H groups in total. The third kappa shape index (κ3) is 4.06. The first-order chi connectivity index (χ1) is 13.6. The van der Waals surface area contributed by atoms with Gasteiger partial charge >= 0.3 is 0 Å². The number of benzene rings is 1. The van der Waals surface area contributed by atoms with Crippen LogP contribution in [0.4, 0.5) is 0 Å². The highest BCUT2D eigenvalue weighted by Gasteiger charge is 2.26. The molecule has 7 heteroatoms. The summed E-state index contributed by atoms with van der Waals surface area (Å²) in [6, 6.07) is 10.8. The predicted molar refractivity (Wildman–Crippen MR) is 113 cm³/mol. The number of fused-ring (bicyclic) bond motifs is 1. The molecule has 1 atom stereocenters. The molecular formula is C21H25N5OS. The predicted octanol–water partition coefficient (Wildman–Crippen LogP) is 2.55. The van der Waals surface area contributed by atoms with Gasteiger partial charge in [0.25, 0.3) is 5.91 Å². The lowest BCUT2D eigenvalue weighted by Crippen LogP contribution is -2.55. The molecule has 0 bridgehead atoms. The molecule has 1 aromatic carbocycles. The highest BCUT2D eigenvalue weighted by Crippen LogP contribution is 2.25. The maximum absolute atomic E-state index is 12.8. The average Bonchev–Trinajstić information content (AvgIpc) is 3.10. The number of hydrogen-bond donors (Lipinski definition) is 1.